The molecule has 0 bridgehead atoms. The first-order valence-corrected chi connectivity index (χ1v) is 12.0. The van der Waals surface area contributed by atoms with Crippen molar-refractivity contribution >= 4 is 54.4 Å². The molecule has 7 rings (SSSR count). The van der Waals surface area contributed by atoms with Crippen molar-refractivity contribution in [2.45, 2.75) is 26.3 Å². The minimum Gasteiger partial charge on any atom is -0.335 e. The molecule has 2 heteroatoms. The summed E-state index contributed by atoms with van der Waals surface area (Å²) in [4.78, 5) is 0. The van der Waals surface area contributed by atoms with Gasteiger partial charge in [0.2, 0.25) is 0 Å². The van der Waals surface area contributed by atoms with Gasteiger partial charge < -0.3 is 9.13 Å². The maximum absolute atomic E-state index is 2.50. The topological polar surface area (TPSA) is 9.86 Å². The van der Waals surface area contributed by atoms with Gasteiger partial charge in [-0.15, -0.1) is 0 Å². The molecule has 2 aromatic heterocycles. The van der Waals surface area contributed by atoms with Crippen LogP contribution in [-0.2, 0) is 5.54 Å². The fourth-order valence-corrected chi connectivity index (χ4v) is 5.83. The van der Waals surface area contributed by atoms with Crippen molar-refractivity contribution in [3.63, 3.8) is 0 Å². The van der Waals surface area contributed by atoms with Crippen molar-refractivity contribution in [2.75, 3.05) is 0 Å². The number of rotatable bonds is 1. The van der Waals surface area contributed by atoms with Crippen molar-refractivity contribution in [1.29, 1.82) is 0 Å². The number of nitrogens with zero attached hydrogens (tertiary/aromatic N) is 2. The molecule has 2 nitrogen and oxygen atoms in total. The minimum atomic E-state index is -0.0364. The van der Waals surface area contributed by atoms with Crippen LogP contribution in [0, 0.1) is 0 Å². The normalized spacial score (nSPS) is 12.6. The fraction of sp³-hybridized carbons (Fsp3) is 0.125. The van der Waals surface area contributed by atoms with Crippen LogP contribution in [0.25, 0.3) is 60.1 Å². The summed E-state index contributed by atoms with van der Waals surface area (Å²) >= 11 is 0. The predicted molar refractivity (Wildman–Crippen MR) is 146 cm³/mol. The first-order chi connectivity index (χ1) is 16.5. The molecule has 164 valence electrons. The van der Waals surface area contributed by atoms with Gasteiger partial charge in [-0.1, -0.05) is 66.7 Å². The molecule has 0 fully saturated rings. The standard InChI is InChI=1S/C32H26N2/c1-32(2,3)34-27-16-10-9-15-24(27)25-19-26-29(20-30(25)34)33(22-12-5-4-6-13-22)28-18-17-21-11-7-8-14-23(21)31(26)28/h4-20H,1-3H3. The molecule has 0 aliphatic heterocycles. The third kappa shape index (κ3) is 2.57. The molecule has 2 heterocycles. The lowest BCUT2D eigenvalue weighted by atomic mass is 10.0. The van der Waals surface area contributed by atoms with E-state index in [0.29, 0.717) is 0 Å². The monoisotopic (exact) mass is 438 g/mol. The van der Waals surface area contributed by atoms with Gasteiger partial charge in [0.15, 0.2) is 0 Å². The Hall–Kier alpha value is -4.04. The average molecular weight is 439 g/mol. The van der Waals surface area contributed by atoms with Crippen LogP contribution in [-0.4, -0.2) is 9.13 Å². The summed E-state index contributed by atoms with van der Waals surface area (Å²) in [7, 11) is 0. The Morgan fingerprint density at radius 3 is 2.00 bits per heavy atom. The van der Waals surface area contributed by atoms with Crippen LogP contribution in [0.2, 0.25) is 0 Å². The molecular weight excluding hydrogens is 412 g/mol. The van der Waals surface area contributed by atoms with Gasteiger partial charge in [0.05, 0.1) is 16.6 Å². The molecule has 0 aliphatic rings. The summed E-state index contributed by atoms with van der Waals surface area (Å²) < 4.78 is 4.93. The van der Waals surface area contributed by atoms with E-state index in [4.69, 9.17) is 0 Å². The van der Waals surface area contributed by atoms with E-state index < -0.39 is 0 Å². The molecule has 0 saturated carbocycles. The lowest BCUT2D eigenvalue weighted by Gasteiger charge is -2.24. The number of fused-ring (bicyclic) bond motifs is 8. The van der Waals surface area contributed by atoms with Crippen molar-refractivity contribution in [3.05, 3.63) is 103 Å². The lowest BCUT2D eigenvalue weighted by molar-refractivity contribution is 0.423. The quantitative estimate of drug-likeness (QED) is 0.242. The minimum absolute atomic E-state index is 0.0364. The van der Waals surface area contributed by atoms with Gasteiger partial charge in [-0.2, -0.15) is 0 Å². The Morgan fingerprint density at radius 1 is 0.500 bits per heavy atom. The molecule has 34 heavy (non-hydrogen) atoms. The van der Waals surface area contributed by atoms with Crippen LogP contribution in [0.3, 0.4) is 0 Å². The smallest absolute Gasteiger partial charge is 0.0562 e. The van der Waals surface area contributed by atoms with Crippen molar-refractivity contribution in [2.24, 2.45) is 0 Å². The summed E-state index contributed by atoms with van der Waals surface area (Å²) in [6.07, 6.45) is 0. The zero-order valence-corrected chi connectivity index (χ0v) is 19.7. The second kappa shape index (κ2) is 6.74. The maximum Gasteiger partial charge on any atom is 0.0562 e. The van der Waals surface area contributed by atoms with E-state index in [2.05, 4.69) is 133 Å². The van der Waals surface area contributed by atoms with E-state index in [1.54, 1.807) is 0 Å². The number of hydrogen-bond acceptors (Lipinski definition) is 0. The van der Waals surface area contributed by atoms with Gasteiger partial charge in [0.1, 0.15) is 0 Å². The van der Waals surface area contributed by atoms with Gasteiger partial charge in [0, 0.05) is 38.3 Å². The zero-order valence-electron chi connectivity index (χ0n) is 19.7. The highest BCUT2D eigenvalue weighted by atomic mass is 15.1. The number of hydrogen-bond donors (Lipinski definition) is 0. The largest absolute Gasteiger partial charge is 0.335 e. The highest BCUT2D eigenvalue weighted by molar-refractivity contribution is 6.25. The average Bonchev–Trinajstić information content (AvgIpc) is 3.35. The van der Waals surface area contributed by atoms with Crippen LogP contribution in [0.4, 0.5) is 0 Å². The Bertz CT molecular complexity index is 1880. The predicted octanol–water partition coefficient (Wildman–Crippen LogP) is 8.80. The first-order valence-electron chi connectivity index (χ1n) is 12.0. The van der Waals surface area contributed by atoms with Gasteiger partial charge in [-0.25, -0.2) is 0 Å². The number of para-hydroxylation sites is 2. The summed E-state index contributed by atoms with van der Waals surface area (Å²) in [5, 5.41) is 7.84. The van der Waals surface area contributed by atoms with E-state index in [1.807, 2.05) is 0 Å². The summed E-state index contributed by atoms with van der Waals surface area (Å²) in [5.74, 6) is 0. The maximum atomic E-state index is 2.50. The lowest BCUT2D eigenvalue weighted by Crippen LogP contribution is -2.21. The van der Waals surface area contributed by atoms with Crippen LogP contribution in [0.15, 0.2) is 103 Å². The molecule has 0 radical (unpaired) electrons. The SMILES string of the molecule is CC(C)(C)n1c2ccccc2c2cc3c4c5ccccc5ccc4n(-c4ccccc4)c3cc21. The summed E-state index contributed by atoms with van der Waals surface area (Å²) in [6.45, 7) is 6.88. The third-order valence-corrected chi connectivity index (χ3v) is 7.13. The Morgan fingerprint density at radius 2 is 1.21 bits per heavy atom. The highest BCUT2D eigenvalue weighted by Gasteiger charge is 2.23. The molecule has 0 N–H and O–H groups in total. The number of benzene rings is 5. The Balaban J connectivity index is 1.78. The van der Waals surface area contributed by atoms with Gasteiger partial charge in [-0.3, -0.25) is 0 Å². The molecular formula is C32H26N2. The first kappa shape index (κ1) is 19.4. The molecule has 5 aromatic carbocycles. The van der Waals surface area contributed by atoms with Crippen molar-refractivity contribution in [3.8, 4) is 5.69 Å². The van der Waals surface area contributed by atoms with Crippen LogP contribution < -0.4 is 0 Å². The Labute approximate surface area is 198 Å². The van der Waals surface area contributed by atoms with E-state index in [1.165, 1.54) is 60.1 Å². The van der Waals surface area contributed by atoms with E-state index in [-0.39, 0.29) is 5.54 Å². The van der Waals surface area contributed by atoms with Crippen LogP contribution >= 0.6 is 0 Å². The second-order valence-electron chi connectivity index (χ2n) is 10.3. The van der Waals surface area contributed by atoms with E-state index >= 15 is 0 Å². The van der Waals surface area contributed by atoms with Crippen LogP contribution in [0.5, 0.6) is 0 Å². The zero-order chi connectivity index (χ0) is 23.0. The third-order valence-electron chi connectivity index (χ3n) is 7.13. The molecule has 0 aliphatic carbocycles. The molecule has 0 atom stereocenters. The molecule has 0 unspecified atom stereocenters. The van der Waals surface area contributed by atoms with Gasteiger partial charge in [-0.05, 0) is 67.9 Å². The van der Waals surface area contributed by atoms with E-state index in [9.17, 15) is 0 Å². The van der Waals surface area contributed by atoms with Crippen molar-refractivity contribution < 1.29 is 0 Å². The fourth-order valence-electron chi connectivity index (χ4n) is 5.83. The Kier molecular flexibility index (Phi) is 3.85. The van der Waals surface area contributed by atoms with Gasteiger partial charge >= 0.3 is 0 Å². The van der Waals surface area contributed by atoms with Gasteiger partial charge in [0.25, 0.3) is 0 Å². The number of aromatic nitrogens is 2. The summed E-state index contributed by atoms with van der Waals surface area (Å²) in [6, 6.07) is 37.7. The second-order valence-corrected chi connectivity index (χ2v) is 10.3. The molecule has 0 saturated heterocycles. The van der Waals surface area contributed by atoms with Crippen LogP contribution in [0.1, 0.15) is 20.8 Å². The van der Waals surface area contributed by atoms with E-state index in [0.717, 1.165) is 0 Å². The molecule has 0 spiro atoms. The molecule has 7 aromatic rings. The van der Waals surface area contributed by atoms with Crippen molar-refractivity contribution in [1.82, 2.24) is 9.13 Å². The molecule has 0 amide bonds. The highest BCUT2D eigenvalue weighted by Crippen LogP contribution is 2.42. The summed E-state index contributed by atoms with van der Waals surface area (Å²) in [5.41, 5.74) is 6.22.